The van der Waals surface area contributed by atoms with Crippen LogP contribution in [0.2, 0.25) is 5.02 Å². The molecule has 0 bridgehead atoms. The first-order chi connectivity index (χ1) is 18.0. The number of nitrogens with zero attached hydrogens (tertiary/aromatic N) is 2. The highest BCUT2D eigenvalue weighted by molar-refractivity contribution is 6.31. The van der Waals surface area contributed by atoms with Crippen LogP contribution >= 0.6 is 11.6 Å². The van der Waals surface area contributed by atoms with Gasteiger partial charge in [-0.05, 0) is 37.3 Å². The Hall–Kier alpha value is -4.56. The number of allylic oxidation sites excluding steroid dienone is 1. The summed E-state index contributed by atoms with van der Waals surface area (Å²) in [5.41, 5.74) is 3.18. The number of halogens is 1. The summed E-state index contributed by atoms with van der Waals surface area (Å²) < 4.78 is 7.01. The number of hydrogen-bond acceptors (Lipinski definition) is 5. The number of benzene rings is 3. The van der Waals surface area contributed by atoms with Gasteiger partial charge in [0.1, 0.15) is 23.2 Å². The fourth-order valence-electron chi connectivity index (χ4n) is 4.36. The summed E-state index contributed by atoms with van der Waals surface area (Å²) in [6, 6.07) is 22.9. The highest BCUT2D eigenvalue weighted by Crippen LogP contribution is 2.40. The number of nitrogens with one attached hydrogen (secondary N) is 3. The van der Waals surface area contributed by atoms with E-state index in [4.69, 9.17) is 16.3 Å². The van der Waals surface area contributed by atoms with Crippen LogP contribution in [0.5, 0.6) is 5.75 Å². The first kappa shape index (κ1) is 24.1. The molecule has 9 heteroatoms. The summed E-state index contributed by atoms with van der Waals surface area (Å²) in [6.07, 6.45) is 1.48. The molecule has 8 nitrogen and oxygen atoms in total. The van der Waals surface area contributed by atoms with Gasteiger partial charge in [-0.3, -0.25) is 9.59 Å². The average Bonchev–Trinajstić information content (AvgIpc) is 3.32. The minimum atomic E-state index is -0.682. The third-order valence-corrected chi connectivity index (χ3v) is 6.44. The number of carbonyl (C=O) groups excluding carboxylic acids is 2. The van der Waals surface area contributed by atoms with Gasteiger partial charge in [0.2, 0.25) is 0 Å². The lowest BCUT2D eigenvalue weighted by atomic mass is 9.94. The van der Waals surface area contributed by atoms with E-state index < -0.39 is 6.04 Å². The Labute approximate surface area is 218 Å². The van der Waals surface area contributed by atoms with E-state index >= 15 is 0 Å². The molecule has 0 saturated heterocycles. The van der Waals surface area contributed by atoms with Crippen molar-refractivity contribution in [3.63, 3.8) is 0 Å². The summed E-state index contributed by atoms with van der Waals surface area (Å²) in [4.78, 5) is 26.9. The Morgan fingerprint density at radius 1 is 0.946 bits per heavy atom. The van der Waals surface area contributed by atoms with Crippen molar-refractivity contribution < 1.29 is 14.3 Å². The minimum Gasteiger partial charge on any atom is -0.495 e. The summed E-state index contributed by atoms with van der Waals surface area (Å²) in [7, 11) is 1.54. The molecule has 2 amide bonds. The lowest BCUT2D eigenvalue weighted by molar-refractivity contribution is -0.113. The van der Waals surface area contributed by atoms with Crippen molar-refractivity contribution in [1.82, 2.24) is 9.78 Å². The van der Waals surface area contributed by atoms with Crippen LogP contribution in [0.1, 0.15) is 28.9 Å². The van der Waals surface area contributed by atoms with Gasteiger partial charge in [-0.2, -0.15) is 5.10 Å². The summed E-state index contributed by atoms with van der Waals surface area (Å²) in [5.74, 6) is 0.319. The van der Waals surface area contributed by atoms with Crippen LogP contribution in [0.15, 0.2) is 96.3 Å². The molecule has 5 rings (SSSR count). The molecule has 2 heterocycles. The number of ether oxygens (including phenoxy) is 1. The monoisotopic (exact) mass is 513 g/mol. The predicted octanol–water partition coefficient (Wildman–Crippen LogP) is 5.73. The molecule has 1 unspecified atom stereocenters. The molecule has 3 aromatic carbocycles. The molecule has 1 aromatic heterocycles. The lowest BCUT2D eigenvalue weighted by Crippen LogP contribution is -2.32. The van der Waals surface area contributed by atoms with E-state index in [1.807, 2.05) is 48.5 Å². The van der Waals surface area contributed by atoms with Gasteiger partial charge in [0, 0.05) is 22.0 Å². The topological polar surface area (TPSA) is 97.3 Å². The van der Waals surface area contributed by atoms with Crippen LogP contribution in [0.25, 0.3) is 0 Å². The zero-order chi connectivity index (χ0) is 25.9. The maximum absolute atomic E-state index is 13.7. The molecule has 1 atom stereocenters. The number of fused-ring (bicyclic) bond motifs is 1. The van der Waals surface area contributed by atoms with Crippen molar-refractivity contribution in [2.75, 3.05) is 23.1 Å². The number of aromatic nitrogens is 2. The second kappa shape index (κ2) is 10.2. The van der Waals surface area contributed by atoms with E-state index in [0.29, 0.717) is 50.4 Å². The smallest absolute Gasteiger partial charge is 0.261 e. The van der Waals surface area contributed by atoms with E-state index in [1.54, 1.807) is 49.0 Å². The molecule has 0 aliphatic carbocycles. The van der Waals surface area contributed by atoms with Crippen LogP contribution < -0.4 is 20.7 Å². The molecule has 0 fully saturated rings. The largest absolute Gasteiger partial charge is 0.495 e. The SMILES string of the molecule is COc1ccccc1NC(=O)C1=C(C)Nc2c(C(=O)Nc3ccccc3)cnn2C1c1ccccc1Cl. The van der Waals surface area contributed by atoms with E-state index in [9.17, 15) is 9.59 Å². The molecule has 0 radical (unpaired) electrons. The van der Waals surface area contributed by atoms with Gasteiger partial charge in [-0.15, -0.1) is 0 Å². The molecular formula is C28H24ClN5O3. The zero-order valence-corrected chi connectivity index (χ0v) is 20.9. The Balaban J connectivity index is 1.56. The van der Waals surface area contributed by atoms with Gasteiger partial charge in [-0.1, -0.05) is 60.1 Å². The second-order valence-corrected chi connectivity index (χ2v) is 8.82. The van der Waals surface area contributed by atoms with Crippen molar-refractivity contribution in [2.45, 2.75) is 13.0 Å². The number of methoxy groups -OCH3 is 1. The second-order valence-electron chi connectivity index (χ2n) is 8.41. The third kappa shape index (κ3) is 4.66. The number of anilines is 3. The summed E-state index contributed by atoms with van der Waals surface area (Å²) in [5, 5.41) is 14.1. The minimum absolute atomic E-state index is 0.326. The molecule has 0 spiro atoms. The normalized spacial score (nSPS) is 14.4. The van der Waals surface area contributed by atoms with Crippen molar-refractivity contribution >= 4 is 40.6 Å². The van der Waals surface area contributed by atoms with Gasteiger partial charge in [0.05, 0.1) is 24.6 Å². The van der Waals surface area contributed by atoms with E-state index in [1.165, 1.54) is 6.20 Å². The Morgan fingerprint density at radius 2 is 1.65 bits per heavy atom. The van der Waals surface area contributed by atoms with E-state index in [2.05, 4.69) is 21.0 Å². The number of carbonyl (C=O) groups is 2. The van der Waals surface area contributed by atoms with Crippen LogP contribution in [0.4, 0.5) is 17.2 Å². The molecule has 1 aliphatic rings. The molecule has 4 aromatic rings. The Kier molecular flexibility index (Phi) is 6.66. The molecule has 1 aliphatic heterocycles. The number of para-hydroxylation sites is 3. The maximum Gasteiger partial charge on any atom is 0.261 e. The first-order valence-corrected chi connectivity index (χ1v) is 12.0. The fraction of sp³-hybridized carbons (Fsp3) is 0.107. The third-order valence-electron chi connectivity index (χ3n) is 6.10. The molecule has 186 valence electrons. The number of amides is 2. The van der Waals surface area contributed by atoms with Gasteiger partial charge in [0.15, 0.2) is 0 Å². The van der Waals surface area contributed by atoms with Crippen LogP contribution in [-0.2, 0) is 4.79 Å². The van der Waals surface area contributed by atoms with Gasteiger partial charge in [0.25, 0.3) is 11.8 Å². The standard InChI is InChI=1S/C28H24ClN5O3/c1-17-24(28(36)33-22-14-8-9-15-23(22)37-2)25(19-12-6-7-13-21(19)29)34-26(31-17)20(16-30-34)27(35)32-18-10-4-3-5-11-18/h3-16,25,31H,1-2H3,(H,32,35)(H,33,36). The summed E-state index contributed by atoms with van der Waals surface area (Å²) in [6.45, 7) is 1.79. The quantitative estimate of drug-likeness (QED) is 0.306. The van der Waals surface area contributed by atoms with Crippen molar-refractivity contribution in [3.05, 3.63) is 112 Å². The predicted molar refractivity (Wildman–Crippen MR) is 144 cm³/mol. The number of hydrogen-bond donors (Lipinski definition) is 3. The lowest BCUT2D eigenvalue weighted by Gasteiger charge is -2.30. The molecular weight excluding hydrogens is 490 g/mol. The highest BCUT2D eigenvalue weighted by Gasteiger charge is 2.36. The zero-order valence-electron chi connectivity index (χ0n) is 20.2. The van der Waals surface area contributed by atoms with Crippen molar-refractivity contribution in [2.24, 2.45) is 0 Å². The Morgan fingerprint density at radius 3 is 2.41 bits per heavy atom. The van der Waals surface area contributed by atoms with Crippen LogP contribution in [-0.4, -0.2) is 28.7 Å². The van der Waals surface area contributed by atoms with Gasteiger partial charge < -0.3 is 20.7 Å². The fourth-order valence-corrected chi connectivity index (χ4v) is 4.60. The molecule has 37 heavy (non-hydrogen) atoms. The van der Waals surface area contributed by atoms with Gasteiger partial charge in [-0.25, -0.2) is 4.68 Å². The van der Waals surface area contributed by atoms with Crippen LogP contribution in [0, 0.1) is 0 Å². The van der Waals surface area contributed by atoms with E-state index in [-0.39, 0.29) is 11.8 Å². The van der Waals surface area contributed by atoms with Gasteiger partial charge >= 0.3 is 0 Å². The molecule has 3 N–H and O–H groups in total. The van der Waals surface area contributed by atoms with Crippen molar-refractivity contribution in [1.29, 1.82) is 0 Å². The number of rotatable bonds is 6. The Bertz CT molecular complexity index is 1510. The molecule has 0 saturated carbocycles. The van der Waals surface area contributed by atoms with Crippen LogP contribution in [0.3, 0.4) is 0 Å². The first-order valence-electron chi connectivity index (χ1n) is 11.6. The van der Waals surface area contributed by atoms with E-state index in [0.717, 1.165) is 0 Å². The average molecular weight is 514 g/mol. The van der Waals surface area contributed by atoms with Crippen molar-refractivity contribution in [3.8, 4) is 5.75 Å². The maximum atomic E-state index is 13.7. The summed E-state index contributed by atoms with van der Waals surface area (Å²) >= 11 is 6.61. The highest BCUT2D eigenvalue weighted by atomic mass is 35.5.